The molecule has 2 N–H and O–H groups in total. The molecule has 5 heteroatoms. The molecule has 1 aliphatic rings. The SMILES string of the molecule is O=C1N[C@@H](Cc2ccccc2)C(=O)Nc2ccc(Cl)cc21. The van der Waals surface area contributed by atoms with Crippen LogP contribution in [0, 0.1) is 0 Å². The Hall–Kier alpha value is -2.33. The van der Waals surface area contributed by atoms with Crippen LogP contribution in [0.15, 0.2) is 48.5 Å². The van der Waals surface area contributed by atoms with Gasteiger partial charge in [-0.25, -0.2) is 0 Å². The van der Waals surface area contributed by atoms with E-state index < -0.39 is 6.04 Å². The summed E-state index contributed by atoms with van der Waals surface area (Å²) in [7, 11) is 0. The average molecular weight is 301 g/mol. The zero-order valence-electron chi connectivity index (χ0n) is 11.1. The van der Waals surface area contributed by atoms with Crippen molar-refractivity contribution in [3.05, 3.63) is 64.7 Å². The van der Waals surface area contributed by atoms with Crippen molar-refractivity contribution < 1.29 is 9.59 Å². The molecule has 0 unspecified atom stereocenters. The van der Waals surface area contributed by atoms with Gasteiger partial charge in [0.05, 0.1) is 11.3 Å². The average Bonchev–Trinajstić information content (AvgIpc) is 2.59. The summed E-state index contributed by atoms with van der Waals surface area (Å²) in [5, 5.41) is 5.98. The first kappa shape index (κ1) is 13.6. The van der Waals surface area contributed by atoms with E-state index in [1.54, 1.807) is 18.2 Å². The largest absolute Gasteiger partial charge is 0.340 e. The van der Waals surface area contributed by atoms with Gasteiger partial charge in [-0.15, -0.1) is 0 Å². The third-order valence-corrected chi connectivity index (χ3v) is 3.62. The molecule has 0 aromatic heterocycles. The number of benzene rings is 2. The van der Waals surface area contributed by atoms with Crippen LogP contribution in [0.5, 0.6) is 0 Å². The molecule has 1 heterocycles. The van der Waals surface area contributed by atoms with E-state index in [2.05, 4.69) is 10.6 Å². The number of carbonyl (C=O) groups excluding carboxylic acids is 2. The molecule has 2 amide bonds. The lowest BCUT2D eigenvalue weighted by molar-refractivity contribution is -0.117. The minimum atomic E-state index is -0.605. The maximum atomic E-state index is 12.3. The molecule has 0 aliphatic carbocycles. The highest BCUT2D eigenvalue weighted by molar-refractivity contribution is 6.31. The third kappa shape index (κ3) is 2.90. The summed E-state index contributed by atoms with van der Waals surface area (Å²) in [5.41, 5.74) is 1.85. The zero-order chi connectivity index (χ0) is 14.8. The van der Waals surface area contributed by atoms with Crippen LogP contribution in [-0.4, -0.2) is 17.9 Å². The van der Waals surface area contributed by atoms with Gasteiger partial charge in [-0.05, 0) is 23.8 Å². The third-order valence-electron chi connectivity index (χ3n) is 3.39. The summed E-state index contributed by atoms with van der Waals surface area (Å²) in [5.74, 6) is -0.528. The number of halogens is 1. The minimum absolute atomic E-state index is 0.228. The van der Waals surface area contributed by atoms with Gasteiger partial charge >= 0.3 is 0 Å². The van der Waals surface area contributed by atoms with Crippen molar-refractivity contribution in [1.82, 2.24) is 5.32 Å². The van der Waals surface area contributed by atoms with Gasteiger partial charge in [0.25, 0.3) is 5.91 Å². The van der Waals surface area contributed by atoms with Gasteiger partial charge in [-0.1, -0.05) is 41.9 Å². The van der Waals surface area contributed by atoms with Crippen molar-refractivity contribution in [2.45, 2.75) is 12.5 Å². The topological polar surface area (TPSA) is 58.2 Å². The molecule has 21 heavy (non-hydrogen) atoms. The first-order chi connectivity index (χ1) is 10.1. The normalized spacial score (nSPS) is 17.5. The molecule has 106 valence electrons. The molecule has 2 aromatic rings. The van der Waals surface area contributed by atoms with Crippen molar-refractivity contribution in [3.63, 3.8) is 0 Å². The summed E-state index contributed by atoms with van der Waals surface area (Å²) >= 11 is 5.91. The van der Waals surface area contributed by atoms with E-state index in [9.17, 15) is 9.59 Å². The first-order valence-electron chi connectivity index (χ1n) is 6.59. The van der Waals surface area contributed by atoms with E-state index in [0.717, 1.165) is 5.56 Å². The molecule has 0 bridgehead atoms. The van der Waals surface area contributed by atoms with E-state index in [-0.39, 0.29) is 11.8 Å². The molecule has 3 rings (SSSR count). The molecule has 1 atom stereocenters. The van der Waals surface area contributed by atoms with Gasteiger partial charge in [0, 0.05) is 11.4 Å². The van der Waals surface area contributed by atoms with Crippen molar-refractivity contribution in [2.24, 2.45) is 0 Å². The molecular formula is C16H13ClN2O2. The van der Waals surface area contributed by atoms with Crippen LogP contribution in [0.4, 0.5) is 5.69 Å². The monoisotopic (exact) mass is 300 g/mol. The highest BCUT2D eigenvalue weighted by Crippen LogP contribution is 2.23. The summed E-state index contributed by atoms with van der Waals surface area (Å²) in [6.45, 7) is 0. The van der Waals surface area contributed by atoms with E-state index in [4.69, 9.17) is 11.6 Å². The number of anilines is 1. The molecule has 0 saturated heterocycles. The van der Waals surface area contributed by atoms with Crippen LogP contribution >= 0.6 is 11.6 Å². The minimum Gasteiger partial charge on any atom is -0.340 e. The molecular weight excluding hydrogens is 288 g/mol. The predicted molar refractivity (Wildman–Crippen MR) is 81.5 cm³/mol. The Balaban J connectivity index is 1.87. The second kappa shape index (κ2) is 5.58. The molecule has 0 spiro atoms. The van der Waals surface area contributed by atoms with E-state index in [1.807, 2.05) is 30.3 Å². The van der Waals surface area contributed by atoms with Crippen molar-refractivity contribution in [1.29, 1.82) is 0 Å². The van der Waals surface area contributed by atoms with Crippen LogP contribution in [0.2, 0.25) is 5.02 Å². The van der Waals surface area contributed by atoms with E-state index in [1.165, 1.54) is 0 Å². The van der Waals surface area contributed by atoms with Gasteiger partial charge in [0.15, 0.2) is 0 Å². The fraction of sp³-hybridized carbons (Fsp3) is 0.125. The van der Waals surface area contributed by atoms with Crippen molar-refractivity contribution in [3.8, 4) is 0 Å². The van der Waals surface area contributed by atoms with Gasteiger partial charge in [0.2, 0.25) is 5.91 Å². The Labute approximate surface area is 127 Å². The molecule has 1 aliphatic heterocycles. The standard InChI is InChI=1S/C16H13ClN2O2/c17-11-6-7-13-12(9-11)15(20)19-14(16(21)18-13)8-10-4-2-1-3-5-10/h1-7,9,14H,8H2,(H,18,21)(H,19,20)/t14-/m0/s1. The molecule has 2 aromatic carbocycles. The second-order valence-electron chi connectivity index (χ2n) is 4.89. The Morgan fingerprint density at radius 3 is 2.57 bits per heavy atom. The van der Waals surface area contributed by atoms with Crippen molar-refractivity contribution >= 4 is 29.1 Å². The van der Waals surface area contributed by atoms with Crippen molar-refractivity contribution in [2.75, 3.05) is 5.32 Å². The van der Waals surface area contributed by atoms with Crippen LogP contribution in [-0.2, 0) is 11.2 Å². The van der Waals surface area contributed by atoms with Crippen LogP contribution in [0.25, 0.3) is 0 Å². The zero-order valence-corrected chi connectivity index (χ0v) is 11.9. The van der Waals surface area contributed by atoms with Gasteiger partial charge in [-0.3, -0.25) is 9.59 Å². The summed E-state index contributed by atoms with van der Waals surface area (Å²) in [4.78, 5) is 24.5. The number of rotatable bonds is 2. The number of nitrogens with one attached hydrogen (secondary N) is 2. The Bertz CT molecular complexity index is 701. The molecule has 0 saturated carbocycles. The van der Waals surface area contributed by atoms with Gasteiger partial charge < -0.3 is 10.6 Å². The maximum Gasteiger partial charge on any atom is 0.254 e. The Morgan fingerprint density at radius 2 is 1.81 bits per heavy atom. The number of carbonyl (C=O) groups is 2. The molecule has 0 radical (unpaired) electrons. The van der Waals surface area contributed by atoms with Gasteiger partial charge in [-0.2, -0.15) is 0 Å². The van der Waals surface area contributed by atoms with Crippen LogP contribution in [0.1, 0.15) is 15.9 Å². The first-order valence-corrected chi connectivity index (χ1v) is 6.96. The summed E-state index contributed by atoms with van der Waals surface area (Å²) < 4.78 is 0. The molecule has 0 fully saturated rings. The number of amides is 2. The second-order valence-corrected chi connectivity index (χ2v) is 5.33. The van der Waals surface area contributed by atoms with E-state index in [0.29, 0.717) is 22.7 Å². The fourth-order valence-electron chi connectivity index (χ4n) is 2.33. The lowest BCUT2D eigenvalue weighted by Gasteiger charge is -2.14. The number of fused-ring (bicyclic) bond motifs is 1. The lowest BCUT2D eigenvalue weighted by atomic mass is 10.1. The Kier molecular flexibility index (Phi) is 3.62. The highest BCUT2D eigenvalue weighted by Gasteiger charge is 2.27. The lowest BCUT2D eigenvalue weighted by Crippen LogP contribution is -2.42. The van der Waals surface area contributed by atoms with Crippen LogP contribution in [0.3, 0.4) is 0 Å². The fourth-order valence-corrected chi connectivity index (χ4v) is 2.50. The molecule has 4 nitrogen and oxygen atoms in total. The Morgan fingerprint density at radius 1 is 1.05 bits per heavy atom. The predicted octanol–water partition coefficient (Wildman–Crippen LogP) is 2.63. The number of hydrogen-bond acceptors (Lipinski definition) is 2. The number of hydrogen-bond donors (Lipinski definition) is 2. The summed E-state index contributed by atoms with van der Waals surface area (Å²) in [6, 6.07) is 13.8. The van der Waals surface area contributed by atoms with Crippen LogP contribution < -0.4 is 10.6 Å². The quantitative estimate of drug-likeness (QED) is 0.896. The summed E-state index contributed by atoms with van der Waals surface area (Å²) in [6.07, 6.45) is 0.445. The van der Waals surface area contributed by atoms with Gasteiger partial charge in [0.1, 0.15) is 6.04 Å². The maximum absolute atomic E-state index is 12.3. The highest BCUT2D eigenvalue weighted by atomic mass is 35.5. The van der Waals surface area contributed by atoms with E-state index >= 15 is 0 Å². The smallest absolute Gasteiger partial charge is 0.254 e.